The van der Waals surface area contributed by atoms with Crippen molar-refractivity contribution in [2.24, 2.45) is 0 Å². The van der Waals surface area contributed by atoms with Crippen LogP contribution in [0.3, 0.4) is 0 Å². The van der Waals surface area contributed by atoms with Crippen molar-refractivity contribution < 1.29 is 33.3 Å². The number of carbonyl (C=O) groups excluding carboxylic acids is 2. The Kier molecular flexibility index (Phi) is 5.14. The van der Waals surface area contributed by atoms with Gasteiger partial charge in [0, 0.05) is 35.3 Å². The van der Waals surface area contributed by atoms with Gasteiger partial charge in [-0.25, -0.2) is 4.79 Å². The number of carbonyl (C=O) groups is 2. The molecule has 0 unspecified atom stereocenters. The Morgan fingerprint density at radius 2 is 1.83 bits per heavy atom. The lowest BCUT2D eigenvalue weighted by Crippen LogP contribution is -2.08. The fourth-order valence-electron chi connectivity index (χ4n) is 4.37. The average molecular weight is 483 g/mol. The molecular weight excluding hydrogens is 462 g/mol. The second kappa shape index (κ2) is 8.49. The minimum absolute atomic E-state index is 0.117. The van der Waals surface area contributed by atoms with E-state index in [9.17, 15) is 9.59 Å². The molecule has 0 spiro atoms. The molecular formula is C28H21NO7. The number of methoxy groups -OCH3 is 1. The van der Waals surface area contributed by atoms with Crippen molar-refractivity contribution in [1.82, 2.24) is 4.57 Å². The number of ketones is 1. The lowest BCUT2D eigenvalue weighted by molar-refractivity contribution is 0.0734. The summed E-state index contributed by atoms with van der Waals surface area (Å²) in [5, 5.41) is 0.953. The Bertz CT molecular complexity index is 1580. The Morgan fingerprint density at radius 1 is 1.00 bits per heavy atom. The van der Waals surface area contributed by atoms with E-state index in [0.29, 0.717) is 28.4 Å². The third-order valence-electron chi connectivity index (χ3n) is 6.21. The van der Waals surface area contributed by atoms with Crippen molar-refractivity contribution in [2.75, 3.05) is 13.9 Å². The molecule has 2 aliphatic rings. The topological polar surface area (TPSA) is 85.2 Å². The fourth-order valence-corrected chi connectivity index (χ4v) is 4.37. The first-order valence-electron chi connectivity index (χ1n) is 11.4. The van der Waals surface area contributed by atoms with Gasteiger partial charge in [-0.3, -0.25) is 4.79 Å². The summed E-state index contributed by atoms with van der Waals surface area (Å²) in [5.74, 6) is 1.79. The highest BCUT2D eigenvalue weighted by Gasteiger charge is 2.29. The Morgan fingerprint density at radius 3 is 2.67 bits per heavy atom. The average Bonchev–Trinajstić information content (AvgIpc) is 3.59. The van der Waals surface area contributed by atoms with Gasteiger partial charge < -0.3 is 28.3 Å². The minimum Gasteiger partial charge on any atom is -0.497 e. The zero-order chi connectivity index (χ0) is 24.8. The van der Waals surface area contributed by atoms with E-state index in [0.717, 1.165) is 28.8 Å². The maximum atomic E-state index is 13.0. The van der Waals surface area contributed by atoms with Crippen LogP contribution < -0.4 is 23.7 Å². The maximum absolute atomic E-state index is 13.0. The van der Waals surface area contributed by atoms with E-state index in [1.54, 1.807) is 43.5 Å². The van der Waals surface area contributed by atoms with E-state index in [-0.39, 0.29) is 24.1 Å². The first-order chi connectivity index (χ1) is 17.5. The predicted molar refractivity (Wildman–Crippen MR) is 131 cm³/mol. The number of fused-ring (bicyclic) bond motifs is 3. The number of esters is 1. The molecule has 180 valence electrons. The normalized spacial score (nSPS) is 14.7. The zero-order valence-electron chi connectivity index (χ0n) is 19.6. The number of Topliss-reactive ketones (excluding diaryl/α,β-unsaturated/α-hetero) is 1. The molecule has 0 saturated carbocycles. The number of ether oxygens (including phenoxy) is 5. The molecule has 6 rings (SSSR count). The number of rotatable bonds is 5. The first-order valence-corrected chi connectivity index (χ1v) is 11.4. The van der Waals surface area contributed by atoms with Gasteiger partial charge in [-0.2, -0.15) is 0 Å². The van der Waals surface area contributed by atoms with Crippen LogP contribution in [-0.4, -0.2) is 30.2 Å². The van der Waals surface area contributed by atoms with Crippen molar-refractivity contribution in [3.8, 4) is 28.7 Å². The van der Waals surface area contributed by atoms with Gasteiger partial charge in [0.1, 0.15) is 17.2 Å². The molecule has 3 aromatic carbocycles. The number of aryl methyl sites for hydroxylation is 1. The lowest BCUT2D eigenvalue weighted by atomic mass is 10.1. The SMILES string of the molecule is CCn1cc(/C=C2\Oc3cc(OC(=O)c4ccc5c(c4)OCO5)ccc3C2=O)c2cc(OC)ccc21. The zero-order valence-corrected chi connectivity index (χ0v) is 19.6. The molecule has 8 nitrogen and oxygen atoms in total. The van der Waals surface area contributed by atoms with Gasteiger partial charge in [0.15, 0.2) is 17.3 Å². The molecule has 3 heterocycles. The number of allylic oxidation sites excluding steroid dienone is 1. The molecule has 4 aromatic rings. The molecule has 0 N–H and O–H groups in total. The molecule has 0 radical (unpaired) electrons. The molecule has 0 bridgehead atoms. The smallest absolute Gasteiger partial charge is 0.343 e. The van der Waals surface area contributed by atoms with Gasteiger partial charge >= 0.3 is 5.97 Å². The third-order valence-corrected chi connectivity index (χ3v) is 6.21. The van der Waals surface area contributed by atoms with Crippen molar-refractivity contribution in [1.29, 1.82) is 0 Å². The number of benzene rings is 3. The molecule has 1 aromatic heterocycles. The largest absolute Gasteiger partial charge is 0.497 e. The molecule has 0 fully saturated rings. The molecule has 0 atom stereocenters. The van der Waals surface area contributed by atoms with Crippen LogP contribution >= 0.6 is 0 Å². The number of nitrogens with zero attached hydrogens (tertiary/aromatic N) is 1. The third kappa shape index (κ3) is 3.63. The number of hydrogen-bond donors (Lipinski definition) is 0. The fraction of sp³-hybridized carbons (Fsp3) is 0.143. The van der Waals surface area contributed by atoms with E-state index >= 15 is 0 Å². The minimum atomic E-state index is -0.560. The summed E-state index contributed by atoms with van der Waals surface area (Å²) in [4.78, 5) is 25.7. The number of aromatic nitrogens is 1. The van der Waals surface area contributed by atoms with E-state index < -0.39 is 5.97 Å². The number of hydrogen-bond acceptors (Lipinski definition) is 7. The molecule has 8 heteroatoms. The van der Waals surface area contributed by atoms with Gasteiger partial charge in [0.2, 0.25) is 12.6 Å². The molecule has 2 aliphatic heterocycles. The second-order valence-corrected chi connectivity index (χ2v) is 8.31. The second-order valence-electron chi connectivity index (χ2n) is 8.31. The van der Waals surface area contributed by atoms with E-state index in [2.05, 4.69) is 11.5 Å². The van der Waals surface area contributed by atoms with Gasteiger partial charge in [0.25, 0.3) is 0 Å². The van der Waals surface area contributed by atoms with Crippen molar-refractivity contribution in [2.45, 2.75) is 13.5 Å². The van der Waals surface area contributed by atoms with Gasteiger partial charge in [-0.05, 0) is 61.5 Å². The summed E-state index contributed by atoms with van der Waals surface area (Å²) in [6, 6.07) is 15.4. The van der Waals surface area contributed by atoms with Crippen molar-refractivity contribution in [3.05, 3.63) is 83.2 Å². The summed E-state index contributed by atoms with van der Waals surface area (Å²) in [5.41, 5.74) is 2.60. The first kappa shape index (κ1) is 21.8. The molecule has 36 heavy (non-hydrogen) atoms. The Labute approximate surface area is 206 Å². The summed E-state index contributed by atoms with van der Waals surface area (Å²) in [6.45, 7) is 2.95. The van der Waals surface area contributed by atoms with Gasteiger partial charge in [-0.15, -0.1) is 0 Å². The molecule has 0 aliphatic carbocycles. The van der Waals surface area contributed by atoms with Crippen LogP contribution in [0.1, 0.15) is 33.2 Å². The van der Waals surface area contributed by atoms with Crippen LogP contribution in [0.25, 0.3) is 17.0 Å². The van der Waals surface area contributed by atoms with E-state index in [1.165, 1.54) is 6.07 Å². The highest BCUT2D eigenvalue weighted by atomic mass is 16.7. The Balaban J connectivity index is 1.27. The van der Waals surface area contributed by atoms with Crippen LogP contribution in [0.15, 0.2) is 66.6 Å². The monoisotopic (exact) mass is 483 g/mol. The van der Waals surface area contributed by atoms with E-state index in [4.69, 9.17) is 23.7 Å². The van der Waals surface area contributed by atoms with Gasteiger partial charge in [0.05, 0.1) is 18.2 Å². The molecule has 0 amide bonds. The van der Waals surface area contributed by atoms with Crippen LogP contribution in [0, 0.1) is 0 Å². The van der Waals surface area contributed by atoms with Crippen LogP contribution in [0.5, 0.6) is 28.7 Å². The predicted octanol–water partition coefficient (Wildman–Crippen LogP) is 5.23. The standard InChI is InChI=1S/C28H21NO7/c1-3-29-14-17(21-12-18(32-2)6-8-22(21)29)11-26-27(30)20-7-5-19(13-24(20)36-26)35-28(31)16-4-9-23-25(10-16)34-15-33-23/h4-14H,3,15H2,1-2H3/b26-11-. The summed E-state index contributed by atoms with van der Waals surface area (Å²) >= 11 is 0. The summed E-state index contributed by atoms with van der Waals surface area (Å²) < 4.78 is 29.5. The van der Waals surface area contributed by atoms with Crippen LogP contribution in [0.4, 0.5) is 0 Å². The van der Waals surface area contributed by atoms with Crippen molar-refractivity contribution in [3.63, 3.8) is 0 Å². The van der Waals surface area contributed by atoms with Crippen molar-refractivity contribution >= 4 is 28.7 Å². The van der Waals surface area contributed by atoms with Gasteiger partial charge in [-0.1, -0.05) is 0 Å². The molecule has 0 saturated heterocycles. The van der Waals surface area contributed by atoms with Crippen LogP contribution in [0.2, 0.25) is 0 Å². The highest BCUT2D eigenvalue weighted by Crippen LogP contribution is 2.37. The lowest BCUT2D eigenvalue weighted by Gasteiger charge is -2.06. The Hall–Kier alpha value is -4.72. The highest BCUT2D eigenvalue weighted by molar-refractivity contribution is 6.15. The summed E-state index contributed by atoms with van der Waals surface area (Å²) in [6.07, 6.45) is 3.71. The summed E-state index contributed by atoms with van der Waals surface area (Å²) in [7, 11) is 1.62. The van der Waals surface area contributed by atoms with Crippen LogP contribution in [-0.2, 0) is 6.54 Å². The maximum Gasteiger partial charge on any atom is 0.343 e. The van der Waals surface area contributed by atoms with E-state index in [1.807, 2.05) is 24.4 Å². The quantitative estimate of drug-likeness (QED) is 0.218.